The van der Waals surface area contributed by atoms with E-state index in [9.17, 15) is 34.2 Å². The maximum Gasteiger partial charge on any atom is 0.178 e. The van der Waals surface area contributed by atoms with E-state index in [4.69, 9.17) is 21.0 Å². The second-order valence-corrected chi connectivity index (χ2v) is 5.81. The van der Waals surface area contributed by atoms with Crippen LogP contribution in [0.1, 0.15) is 33.4 Å². The van der Waals surface area contributed by atoms with E-state index in [-0.39, 0.29) is 0 Å². The van der Waals surface area contributed by atoms with Crippen LogP contribution in [0.3, 0.4) is 0 Å². The normalized spacial score (nSPS) is 9.91. The van der Waals surface area contributed by atoms with Crippen LogP contribution in [0.2, 0.25) is 0 Å². The predicted molar refractivity (Wildman–Crippen MR) is 98.3 cm³/mol. The van der Waals surface area contributed by atoms with Crippen LogP contribution in [-0.2, 0) is 0 Å². The smallest absolute Gasteiger partial charge is 0.178 e. The fourth-order valence-corrected chi connectivity index (χ4v) is 2.93. The maximum atomic E-state index is 15.0. The van der Waals surface area contributed by atoms with Crippen LogP contribution in [0.4, 0.5) is 13.2 Å². The van der Waals surface area contributed by atoms with Crippen LogP contribution in [0.5, 0.6) is 0 Å². The Kier molecular flexibility index (Phi) is 6.42. The molecule has 0 aliphatic heterocycles. The highest BCUT2D eigenvalue weighted by Gasteiger charge is 2.29. The van der Waals surface area contributed by atoms with Gasteiger partial charge in [0.05, 0.1) is 33.9 Å². The third-order valence-electron chi connectivity index (χ3n) is 4.32. The van der Waals surface area contributed by atoms with Gasteiger partial charge in [0.15, 0.2) is 17.5 Å². The Bertz CT molecular complexity index is 1710. The molecule has 2 aromatic rings. The summed E-state index contributed by atoms with van der Waals surface area (Å²) in [5.74, 6) is -5.80. The highest BCUT2D eigenvalue weighted by Crippen LogP contribution is 2.28. The lowest BCUT2D eigenvalue weighted by atomic mass is 9.90. The molecule has 2 rings (SSSR count). The Morgan fingerprint density at radius 3 is 1.52 bits per heavy atom. The van der Waals surface area contributed by atoms with Gasteiger partial charge in [-0.15, -0.1) is 0 Å². The Balaban J connectivity index is 3.49. The van der Waals surface area contributed by atoms with E-state index in [1.165, 1.54) is 42.5 Å². The van der Waals surface area contributed by atoms with Crippen molar-refractivity contribution in [3.8, 4) is 48.6 Å². The summed E-state index contributed by atoms with van der Waals surface area (Å²) in [6.07, 6.45) is 0. The molecule has 33 heavy (non-hydrogen) atoms. The summed E-state index contributed by atoms with van der Waals surface area (Å²) in [7, 11) is 0. The van der Waals surface area contributed by atoms with Crippen molar-refractivity contribution in [3.63, 3.8) is 0 Å². The second kappa shape index (κ2) is 9.14. The topological polar surface area (TPSA) is 190 Å². The molecule has 0 aliphatic carbocycles. The molecule has 0 aromatic heterocycles. The molecule has 2 aromatic carbocycles. The summed E-state index contributed by atoms with van der Waals surface area (Å²) in [6, 6.07) is 11.9. The lowest BCUT2D eigenvalue weighted by molar-refractivity contribution is 0.488. The molecule has 0 amide bonds. The molecule has 150 valence electrons. The average molecular weight is 434 g/mol. The highest BCUT2D eigenvalue weighted by atomic mass is 19.2. The minimum Gasteiger partial charge on any atom is -0.205 e. The molecule has 0 fully saturated rings. The molecule has 0 unspecified atom stereocenters. The number of hydrogen-bond donors (Lipinski definition) is 0. The molecule has 0 spiro atoms. The van der Waals surface area contributed by atoms with Gasteiger partial charge in [0.2, 0.25) is 0 Å². The third-order valence-corrected chi connectivity index (χ3v) is 4.32. The average Bonchev–Trinajstić information content (AvgIpc) is 2.83. The van der Waals surface area contributed by atoms with E-state index in [1.807, 2.05) is 0 Å². The van der Waals surface area contributed by atoms with Crippen molar-refractivity contribution in [1.82, 2.24) is 0 Å². The van der Waals surface area contributed by atoms with E-state index in [1.54, 1.807) is 0 Å². The molecule has 0 saturated heterocycles. The molecule has 0 bridgehead atoms. The minimum atomic E-state index is -2.05. The predicted octanol–water partition coefficient (Wildman–Crippen LogP) is 1.38. The number of benzene rings is 2. The van der Waals surface area contributed by atoms with Crippen LogP contribution in [-0.4, -0.2) is 0 Å². The first-order valence-corrected chi connectivity index (χ1v) is 8.18. The van der Waals surface area contributed by atoms with Gasteiger partial charge in [-0.1, -0.05) is 0 Å². The summed E-state index contributed by atoms with van der Waals surface area (Å²) >= 11 is 0. The zero-order chi connectivity index (χ0) is 24.9. The van der Waals surface area contributed by atoms with Crippen LogP contribution >= 0.6 is 0 Å². The zero-order valence-electron chi connectivity index (χ0n) is 15.8. The molecule has 11 heteroatoms. The second-order valence-electron chi connectivity index (χ2n) is 5.81. The molecule has 0 radical (unpaired) electrons. The summed E-state index contributed by atoms with van der Waals surface area (Å²) in [4.78, 5) is 0. The van der Waals surface area contributed by atoms with Crippen LogP contribution in [0.15, 0.2) is 6.07 Å². The van der Waals surface area contributed by atoms with Crippen molar-refractivity contribution in [3.05, 3.63) is 67.3 Å². The molecule has 0 saturated carbocycles. The summed E-state index contributed by atoms with van der Waals surface area (Å²) in [5, 5.41) is 73.2. The number of nitrogens with zero attached hydrogens (tertiary/aromatic N) is 8. The van der Waals surface area contributed by atoms with Gasteiger partial charge in [-0.3, -0.25) is 0 Å². The number of nitriles is 8. The standard InChI is InChI=1S/C22HF3N8/c23-20-15(7-31)16(8-32)21(24)22(25)19(20)17(9-33)18-10(2-26)1-12(11(3-27)4-28)13(5-29)14(18)6-30/h1H/b18-17-. The molecule has 0 N–H and O–H groups in total. The third kappa shape index (κ3) is 3.40. The lowest BCUT2D eigenvalue weighted by Crippen LogP contribution is -2.26. The van der Waals surface area contributed by atoms with Crippen molar-refractivity contribution >= 4 is 11.1 Å². The zero-order valence-corrected chi connectivity index (χ0v) is 15.8. The van der Waals surface area contributed by atoms with Crippen LogP contribution < -0.4 is 10.4 Å². The van der Waals surface area contributed by atoms with Gasteiger partial charge in [0, 0.05) is 10.4 Å². The first-order chi connectivity index (χ1) is 15.8. The van der Waals surface area contributed by atoms with Crippen molar-refractivity contribution in [1.29, 1.82) is 42.1 Å². The van der Waals surface area contributed by atoms with E-state index >= 15 is 0 Å². The van der Waals surface area contributed by atoms with E-state index in [0.717, 1.165) is 12.1 Å². The summed E-state index contributed by atoms with van der Waals surface area (Å²) < 4.78 is 44.1. The molecule has 8 nitrogen and oxygen atoms in total. The van der Waals surface area contributed by atoms with Crippen LogP contribution in [0.25, 0.3) is 11.1 Å². The fraction of sp³-hybridized carbons (Fsp3) is 0. The molecular formula is C22HF3N8. The number of halogens is 3. The van der Waals surface area contributed by atoms with Gasteiger partial charge in [-0.2, -0.15) is 42.1 Å². The van der Waals surface area contributed by atoms with Crippen molar-refractivity contribution < 1.29 is 13.2 Å². The largest absolute Gasteiger partial charge is 0.205 e. The summed E-state index contributed by atoms with van der Waals surface area (Å²) in [6.45, 7) is 0. The van der Waals surface area contributed by atoms with Gasteiger partial charge in [-0.05, 0) is 6.07 Å². The molecule has 0 heterocycles. The molecular weight excluding hydrogens is 433 g/mol. The SMILES string of the molecule is N#CC(C#N)=c1cc(C#N)/c(=C(\C#N)c2c(F)c(F)c(C#N)c(C#N)c2F)c(C#N)c1C#N. The first-order valence-electron chi connectivity index (χ1n) is 8.18. The van der Waals surface area contributed by atoms with Gasteiger partial charge < -0.3 is 0 Å². The van der Waals surface area contributed by atoms with Gasteiger partial charge in [-0.25, -0.2) is 13.2 Å². The van der Waals surface area contributed by atoms with Crippen molar-refractivity contribution in [2.45, 2.75) is 0 Å². The quantitative estimate of drug-likeness (QED) is 0.601. The van der Waals surface area contributed by atoms with E-state index in [2.05, 4.69) is 0 Å². The molecule has 0 atom stereocenters. The monoisotopic (exact) mass is 434 g/mol. The van der Waals surface area contributed by atoms with Crippen LogP contribution in [0, 0.1) is 108 Å². The summed E-state index contributed by atoms with van der Waals surface area (Å²) in [5.41, 5.74) is -7.83. The van der Waals surface area contributed by atoms with E-state index in [0.29, 0.717) is 0 Å². The Labute approximate surface area is 182 Å². The van der Waals surface area contributed by atoms with Gasteiger partial charge in [0.1, 0.15) is 59.2 Å². The Hall–Kier alpha value is -6.11. The molecule has 0 aliphatic rings. The fourth-order valence-electron chi connectivity index (χ4n) is 2.93. The van der Waals surface area contributed by atoms with Crippen molar-refractivity contribution in [2.75, 3.05) is 0 Å². The maximum absolute atomic E-state index is 15.0. The Morgan fingerprint density at radius 1 is 0.576 bits per heavy atom. The minimum absolute atomic E-state index is 0.443. The number of hydrogen-bond acceptors (Lipinski definition) is 8. The van der Waals surface area contributed by atoms with Gasteiger partial charge in [0.25, 0.3) is 0 Å². The van der Waals surface area contributed by atoms with E-state index < -0.39 is 72.4 Å². The highest BCUT2D eigenvalue weighted by molar-refractivity contribution is 5.83. The number of rotatable bonds is 1. The van der Waals surface area contributed by atoms with Gasteiger partial charge >= 0.3 is 0 Å². The van der Waals surface area contributed by atoms with Crippen molar-refractivity contribution in [2.24, 2.45) is 0 Å². The lowest BCUT2D eigenvalue weighted by Gasteiger charge is -2.10. The first kappa shape index (κ1) is 23.2. The Morgan fingerprint density at radius 2 is 1.09 bits per heavy atom.